The first-order valence-corrected chi connectivity index (χ1v) is 6.14. The summed E-state index contributed by atoms with van der Waals surface area (Å²) in [4.78, 5) is 0. The van der Waals surface area contributed by atoms with Crippen molar-refractivity contribution < 1.29 is 26.3 Å². The van der Waals surface area contributed by atoms with Gasteiger partial charge in [-0.1, -0.05) is 6.42 Å². The molecule has 0 aromatic heterocycles. The van der Waals surface area contributed by atoms with E-state index in [0.717, 1.165) is 31.4 Å². The van der Waals surface area contributed by atoms with Gasteiger partial charge in [0.15, 0.2) is 0 Å². The zero-order valence-corrected chi connectivity index (χ0v) is 11.6. The molecule has 21 heavy (non-hydrogen) atoms. The predicted molar refractivity (Wildman–Crippen MR) is 68.0 cm³/mol. The maximum Gasteiger partial charge on any atom is 0.416 e. The molecule has 1 aromatic rings. The van der Waals surface area contributed by atoms with Crippen molar-refractivity contribution in [1.82, 2.24) is 0 Å². The second kappa shape index (κ2) is 6.04. The molecule has 0 aliphatic heterocycles. The molecule has 0 amide bonds. The van der Waals surface area contributed by atoms with E-state index in [0.29, 0.717) is 0 Å². The minimum absolute atomic E-state index is 0. The first-order chi connectivity index (χ1) is 9.09. The standard InChI is InChI=1S/C13H13F6N.ClH/c14-12(15,16)9-4-8(11(20)7-2-1-3-7)5-10(6-9)13(17,18)19;/h4-7,11H,1-3,20H2;1H/t11-;/m0./s1. The van der Waals surface area contributed by atoms with Crippen molar-refractivity contribution in [3.05, 3.63) is 34.9 Å². The van der Waals surface area contributed by atoms with Gasteiger partial charge in [0.1, 0.15) is 0 Å². The molecule has 2 N–H and O–H groups in total. The van der Waals surface area contributed by atoms with E-state index in [1.807, 2.05) is 0 Å². The zero-order chi connectivity index (χ0) is 15.1. The molecule has 1 nitrogen and oxygen atoms in total. The molecule has 120 valence electrons. The quantitative estimate of drug-likeness (QED) is 0.762. The monoisotopic (exact) mass is 333 g/mol. The van der Waals surface area contributed by atoms with Crippen LogP contribution in [-0.4, -0.2) is 0 Å². The van der Waals surface area contributed by atoms with Crippen LogP contribution in [0.2, 0.25) is 0 Å². The fourth-order valence-corrected chi connectivity index (χ4v) is 2.24. The predicted octanol–water partition coefficient (Wildman–Crippen LogP) is 4.95. The molecule has 0 unspecified atom stereocenters. The van der Waals surface area contributed by atoms with Gasteiger partial charge in [-0.05, 0) is 42.5 Å². The molecular weight excluding hydrogens is 320 g/mol. The van der Waals surface area contributed by atoms with Crippen molar-refractivity contribution in [1.29, 1.82) is 0 Å². The summed E-state index contributed by atoms with van der Waals surface area (Å²) < 4.78 is 76.1. The molecule has 0 saturated heterocycles. The van der Waals surface area contributed by atoms with E-state index < -0.39 is 29.5 Å². The lowest BCUT2D eigenvalue weighted by molar-refractivity contribution is -0.143. The van der Waals surface area contributed by atoms with E-state index >= 15 is 0 Å². The van der Waals surface area contributed by atoms with Crippen molar-refractivity contribution in [3.8, 4) is 0 Å². The molecule has 0 spiro atoms. The summed E-state index contributed by atoms with van der Waals surface area (Å²) in [5.74, 6) is -0.0421. The maximum atomic E-state index is 12.7. The van der Waals surface area contributed by atoms with Crippen LogP contribution in [0.25, 0.3) is 0 Å². The Morgan fingerprint density at radius 1 is 0.905 bits per heavy atom. The van der Waals surface area contributed by atoms with Gasteiger partial charge in [-0.25, -0.2) is 0 Å². The molecule has 0 bridgehead atoms. The Morgan fingerprint density at radius 2 is 1.33 bits per heavy atom. The lowest BCUT2D eigenvalue weighted by atomic mass is 9.77. The number of alkyl halides is 6. The highest BCUT2D eigenvalue weighted by Crippen LogP contribution is 2.41. The van der Waals surface area contributed by atoms with Crippen LogP contribution in [-0.2, 0) is 12.4 Å². The lowest BCUT2D eigenvalue weighted by Gasteiger charge is -2.32. The molecule has 1 aromatic carbocycles. The summed E-state index contributed by atoms with van der Waals surface area (Å²) in [5.41, 5.74) is 3.07. The summed E-state index contributed by atoms with van der Waals surface area (Å²) >= 11 is 0. The largest absolute Gasteiger partial charge is 0.416 e. The summed E-state index contributed by atoms with van der Waals surface area (Å²) in [6, 6.07) is 0.778. The van der Waals surface area contributed by atoms with E-state index in [1.165, 1.54) is 0 Å². The van der Waals surface area contributed by atoms with Gasteiger partial charge < -0.3 is 5.73 Å². The Bertz CT molecular complexity index is 460. The molecule has 1 saturated carbocycles. The average Bonchev–Trinajstić information content (AvgIpc) is 2.23. The molecule has 0 radical (unpaired) electrons. The Labute approximate surface area is 123 Å². The Morgan fingerprint density at radius 3 is 1.62 bits per heavy atom. The maximum absolute atomic E-state index is 12.7. The fourth-order valence-electron chi connectivity index (χ4n) is 2.24. The van der Waals surface area contributed by atoms with Crippen LogP contribution in [0, 0.1) is 5.92 Å². The molecule has 1 aliphatic rings. The Hall–Kier alpha value is -0.950. The summed E-state index contributed by atoms with van der Waals surface area (Å²) in [7, 11) is 0. The minimum Gasteiger partial charge on any atom is -0.324 e. The summed E-state index contributed by atoms with van der Waals surface area (Å²) in [6.45, 7) is 0. The topological polar surface area (TPSA) is 26.0 Å². The second-order valence-electron chi connectivity index (χ2n) is 5.06. The first-order valence-electron chi connectivity index (χ1n) is 6.14. The highest BCUT2D eigenvalue weighted by molar-refractivity contribution is 5.85. The fraction of sp³-hybridized carbons (Fsp3) is 0.538. The van der Waals surface area contributed by atoms with E-state index in [2.05, 4.69) is 0 Å². The number of hydrogen-bond acceptors (Lipinski definition) is 1. The van der Waals surface area contributed by atoms with Crippen molar-refractivity contribution in [3.63, 3.8) is 0 Å². The SMILES string of the molecule is Cl.N[C@H](c1cc(C(F)(F)F)cc(C(F)(F)F)c1)C1CCC1. The van der Waals surface area contributed by atoms with Gasteiger partial charge in [-0.3, -0.25) is 0 Å². The molecule has 8 heteroatoms. The number of rotatable bonds is 2. The van der Waals surface area contributed by atoms with Crippen LogP contribution in [0.5, 0.6) is 0 Å². The third-order valence-corrected chi connectivity index (χ3v) is 3.65. The van der Waals surface area contributed by atoms with Crippen LogP contribution in [0.3, 0.4) is 0 Å². The highest BCUT2D eigenvalue weighted by Gasteiger charge is 2.38. The van der Waals surface area contributed by atoms with Crippen molar-refractivity contribution in [2.45, 2.75) is 37.7 Å². The van der Waals surface area contributed by atoms with Gasteiger partial charge in [0.2, 0.25) is 0 Å². The zero-order valence-electron chi connectivity index (χ0n) is 10.8. The molecule has 1 fully saturated rings. The van der Waals surface area contributed by atoms with Gasteiger partial charge in [-0.2, -0.15) is 26.3 Å². The normalized spacial score (nSPS) is 17.9. The van der Waals surface area contributed by atoms with Crippen LogP contribution < -0.4 is 5.73 Å². The average molecular weight is 334 g/mol. The second-order valence-corrected chi connectivity index (χ2v) is 5.06. The highest BCUT2D eigenvalue weighted by atomic mass is 35.5. The molecule has 0 heterocycles. The number of halogens is 7. The number of hydrogen-bond donors (Lipinski definition) is 1. The smallest absolute Gasteiger partial charge is 0.324 e. The Kier molecular flexibility index (Phi) is 5.21. The van der Waals surface area contributed by atoms with E-state index in [4.69, 9.17) is 5.73 Å². The third-order valence-electron chi connectivity index (χ3n) is 3.65. The third kappa shape index (κ3) is 4.03. The van der Waals surface area contributed by atoms with Crippen LogP contribution in [0.15, 0.2) is 18.2 Å². The van der Waals surface area contributed by atoms with Crippen molar-refractivity contribution >= 4 is 12.4 Å². The van der Waals surface area contributed by atoms with Crippen LogP contribution in [0.1, 0.15) is 42.0 Å². The number of benzene rings is 1. The van der Waals surface area contributed by atoms with Crippen LogP contribution >= 0.6 is 12.4 Å². The molecule has 1 atom stereocenters. The van der Waals surface area contributed by atoms with E-state index in [-0.39, 0.29) is 30.0 Å². The van der Waals surface area contributed by atoms with Gasteiger partial charge >= 0.3 is 12.4 Å². The van der Waals surface area contributed by atoms with Crippen molar-refractivity contribution in [2.24, 2.45) is 11.7 Å². The molecule has 2 rings (SSSR count). The minimum atomic E-state index is -4.82. The van der Waals surface area contributed by atoms with Gasteiger partial charge in [-0.15, -0.1) is 12.4 Å². The Balaban J connectivity index is 0.00000220. The lowest BCUT2D eigenvalue weighted by Crippen LogP contribution is -2.27. The van der Waals surface area contributed by atoms with E-state index in [1.54, 1.807) is 0 Å². The van der Waals surface area contributed by atoms with E-state index in [9.17, 15) is 26.3 Å². The molecular formula is C13H14ClF6N. The number of nitrogens with two attached hydrogens (primary N) is 1. The van der Waals surface area contributed by atoms with Crippen LogP contribution in [0.4, 0.5) is 26.3 Å². The summed E-state index contributed by atoms with van der Waals surface area (Å²) in [6.07, 6.45) is -7.27. The van der Waals surface area contributed by atoms with Gasteiger partial charge in [0, 0.05) is 6.04 Å². The first kappa shape index (κ1) is 18.1. The van der Waals surface area contributed by atoms with Crippen molar-refractivity contribution in [2.75, 3.05) is 0 Å². The van der Waals surface area contributed by atoms with Gasteiger partial charge in [0.05, 0.1) is 11.1 Å². The summed E-state index contributed by atoms with van der Waals surface area (Å²) in [5, 5.41) is 0. The molecule has 1 aliphatic carbocycles. The van der Waals surface area contributed by atoms with Gasteiger partial charge in [0.25, 0.3) is 0 Å².